The van der Waals surface area contributed by atoms with Crippen molar-refractivity contribution in [1.82, 2.24) is 10.2 Å². The molecule has 0 atom stereocenters. The summed E-state index contributed by atoms with van der Waals surface area (Å²) >= 11 is 0. The van der Waals surface area contributed by atoms with E-state index in [1.807, 2.05) is 12.1 Å². The van der Waals surface area contributed by atoms with Crippen LogP contribution in [0.15, 0.2) is 28.7 Å². The molecule has 2 rings (SSSR count). The normalized spacial score (nSPS) is 11.5. The molecule has 1 heterocycles. The summed E-state index contributed by atoms with van der Waals surface area (Å²) in [6.07, 6.45) is 0. The van der Waals surface area contributed by atoms with Crippen LogP contribution in [0.25, 0.3) is 11.5 Å². The molecule has 0 aliphatic rings. The van der Waals surface area contributed by atoms with Gasteiger partial charge >= 0.3 is 6.01 Å². The Hall–Kier alpha value is -1.88. The van der Waals surface area contributed by atoms with Crippen molar-refractivity contribution in [3.8, 4) is 11.5 Å². The largest absolute Gasteiger partial charge is 0.402 e. The Labute approximate surface area is 100 Å². The fourth-order valence-electron chi connectivity index (χ4n) is 1.51. The highest BCUT2D eigenvalue weighted by Crippen LogP contribution is 2.25. The summed E-state index contributed by atoms with van der Waals surface area (Å²) in [4.78, 5) is 0. The minimum absolute atomic E-state index is 0.136. The molecular weight excluding hydrogens is 216 g/mol. The standard InChI is InChI=1S/C12H16N4O/c1-12(2,3)9-6-4-8(5-7-9)10-15-16-11(14-13)17-10/h4-7H,13H2,1-3H3,(H,14,16). The number of anilines is 1. The van der Waals surface area contributed by atoms with Crippen LogP contribution in [0.5, 0.6) is 0 Å². The van der Waals surface area contributed by atoms with Crippen LogP contribution in [-0.2, 0) is 5.41 Å². The SMILES string of the molecule is CC(C)(C)c1ccc(-c2nnc(NN)o2)cc1. The predicted molar refractivity (Wildman–Crippen MR) is 66.2 cm³/mol. The lowest BCUT2D eigenvalue weighted by atomic mass is 9.87. The van der Waals surface area contributed by atoms with Gasteiger partial charge in [-0.05, 0) is 23.1 Å². The quantitative estimate of drug-likeness (QED) is 0.613. The number of nitrogens with two attached hydrogens (primary N) is 1. The summed E-state index contributed by atoms with van der Waals surface area (Å²) in [5.41, 5.74) is 4.59. The van der Waals surface area contributed by atoms with Crippen LogP contribution in [0, 0.1) is 0 Å². The van der Waals surface area contributed by atoms with Crippen molar-refractivity contribution in [2.24, 2.45) is 5.84 Å². The van der Waals surface area contributed by atoms with E-state index in [0.29, 0.717) is 5.89 Å². The zero-order valence-electron chi connectivity index (χ0n) is 10.2. The molecule has 1 aromatic heterocycles. The summed E-state index contributed by atoms with van der Waals surface area (Å²) in [6, 6.07) is 8.27. The second-order valence-electron chi connectivity index (χ2n) is 4.88. The van der Waals surface area contributed by atoms with Gasteiger partial charge in [0.1, 0.15) is 0 Å². The van der Waals surface area contributed by atoms with Gasteiger partial charge in [-0.25, -0.2) is 5.84 Å². The van der Waals surface area contributed by atoms with Gasteiger partial charge in [0.25, 0.3) is 0 Å². The lowest BCUT2D eigenvalue weighted by Gasteiger charge is -2.18. The van der Waals surface area contributed by atoms with Crippen LogP contribution >= 0.6 is 0 Å². The summed E-state index contributed by atoms with van der Waals surface area (Å²) in [7, 11) is 0. The molecular formula is C12H16N4O. The zero-order valence-corrected chi connectivity index (χ0v) is 10.2. The van der Waals surface area contributed by atoms with Crippen LogP contribution in [0.1, 0.15) is 26.3 Å². The predicted octanol–water partition coefficient (Wildman–Crippen LogP) is 2.32. The van der Waals surface area contributed by atoms with Gasteiger partial charge in [-0.15, -0.1) is 5.10 Å². The van der Waals surface area contributed by atoms with E-state index in [1.54, 1.807) is 0 Å². The Morgan fingerprint density at radius 2 is 1.76 bits per heavy atom. The van der Waals surface area contributed by atoms with E-state index < -0.39 is 0 Å². The average Bonchev–Trinajstić information content (AvgIpc) is 2.76. The maximum Gasteiger partial charge on any atom is 0.330 e. The second kappa shape index (κ2) is 4.18. The summed E-state index contributed by atoms with van der Waals surface area (Å²) in [5, 5.41) is 7.62. The molecule has 5 nitrogen and oxygen atoms in total. The van der Waals surface area contributed by atoms with Gasteiger partial charge in [0.05, 0.1) is 0 Å². The van der Waals surface area contributed by atoms with Crippen molar-refractivity contribution in [3.05, 3.63) is 29.8 Å². The average molecular weight is 232 g/mol. The Bertz CT molecular complexity index is 496. The smallest absolute Gasteiger partial charge is 0.330 e. The van der Waals surface area contributed by atoms with Crippen LogP contribution < -0.4 is 11.3 Å². The topological polar surface area (TPSA) is 77.0 Å². The number of nitrogens with one attached hydrogen (secondary N) is 1. The van der Waals surface area contributed by atoms with Gasteiger partial charge in [-0.2, -0.15) is 0 Å². The minimum Gasteiger partial charge on any atom is -0.402 e. The zero-order chi connectivity index (χ0) is 12.5. The van der Waals surface area contributed by atoms with Gasteiger partial charge in [-0.3, -0.25) is 5.43 Å². The van der Waals surface area contributed by atoms with Crippen LogP contribution in [0.3, 0.4) is 0 Å². The fourth-order valence-corrected chi connectivity index (χ4v) is 1.51. The first-order chi connectivity index (χ1) is 8.00. The Morgan fingerprint density at radius 3 is 2.24 bits per heavy atom. The van der Waals surface area contributed by atoms with Crippen molar-refractivity contribution in [3.63, 3.8) is 0 Å². The Kier molecular flexibility index (Phi) is 2.85. The molecule has 3 N–H and O–H groups in total. The van der Waals surface area contributed by atoms with Gasteiger partial charge < -0.3 is 4.42 Å². The first kappa shape index (κ1) is 11.6. The first-order valence-corrected chi connectivity index (χ1v) is 5.42. The van der Waals surface area contributed by atoms with E-state index >= 15 is 0 Å². The van der Waals surface area contributed by atoms with E-state index in [1.165, 1.54) is 5.56 Å². The molecule has 0 spiro atoms. The van der Waals surface area contributed by atoms with Crippen LogP contribution in [0.4, 0.5) is 6.01 Å². The van der Waals surface area contributed by atoms with Crippen LogP contribution in [0.2, 0.25) is 0 Å². The molecule has 0 fully saturated rings. The fraction of sp³-hybridized carbons (Fsp3) is 0.333. The van der Waals surface area contributed by atoms with Gasteiger partial charge in [0, 0.05) is 5.56 Å². The summed E-state index contributed by atoms with van der Waals surface area (Å²) in [6.45, 7) is 6.52. The third kappa shape index (κ3) is 2.45. The van der Waals surface area contributed by atoms with E-state index in [-0.39, 0.29) is 11.4 Å². The molecule has 1 aromatic carbocycles. The van der Waals surface area contributed by atoms with Crippen molar-refractivity contribution >= 4 is 6.01 Å². The number of rotatable bonds is 2. The van der Waals surface area contributed by atoms with Crippen LogP contribution in [-0.4, -0.2) is 10.2 Å². The Morgan fingerprint density at radius 1 is 1.12 bits per heavy atom. The summed E-state index contributed by atoms with van der Waals surface area (Å²) < 4.78 is 5.29. The number of nitrogens with zero attached hydrogens (tertiary/aromatic N) is 2. The van der Waals surface area contributed by atoms with Gasteiger partial charge in [-0.1, -0.05) is 38.0 Å². The number of aromatic nitrogens is 2. The third-order valence-corrected chi connectivity index (χ3v) is 2.55. The molecule has 0 amide bonds. The maximum absolute atomic E-state index is 5.29. The molecule has 0 saturated heterocycles. The maximum atomic E-state index is 5.29. The molecule has 2 aromatic rings. The molecule has 0 aliphatic carbocycles. The van der Waals surface area contributed by atoms with E-state index in [0.717, 1.165) is 5.56 Å². The number of hydrazine groups is 1. The highest BCUT2D eigenvalue weighted by Gasteiger charge is 2.14. The number of nitrogen functional groups attached to an aromatic ring is 1. The first-order valence-electron chi connectivity index (χ1n) is 5.42. The number of benzene rings is 1. The molecule has 0 bridgehead atoms. The molecule has 5 heteroatoms. The van der Waals surface area contributed by atoms with Crippen molar-refractivity contribution in [2.45, 2.75) is 26.2 Å². The molecule has 90 valence electrons. The monoisotopic (exact) mass is 232 g/mol. The highest BCUT2D eigenvalue weighted by molar-refractivity contribution is 5.54. The van der Waals surface area contributed by atoms with E-state index in [2.05, 4.69) is 48.5 Å². The number of hydrogen-bond donors (Lipinski definition) is 2. The van der Waals surface area contributed by atoms with Crippen molar-refractivity contribution in [2.75, 3.05) is 5.43 Å². The summed E-state index contributed by atoms with van der Waals surface area (Å²) in [5.74, 6) is 5.63. The molecule has 17 heavy (non-hydrogen) atoms. The number of hydrogen-bond acceptors (Lipinski definition) is 5. The lowest BCUT2D eigenvalue weighted by molar-refractivity contribution is 0.580. The third-order valence-electron chi connectivity index (χ3n) is 2.55. The Balaban J connectivity index is 2.29. The van der Waals surface area contributed by atoms with Gasteiger partial charge in [0.15, 0.2) is 0 Å². The lowest BCUT2D eigenvalue weighted by Crippen LogP contribution is -2.10. The van der Waals surface area contributed by atoms with Gasteiger partial charge in [0.2, 0.25) is 5.89 Å². The van der Waals surface area contributed by atoms with Crippen molar-refractivity contribution < 1.29 is 4.42 Å². The molecule has 0 aliphatic heterocycles. The second-order valence-corrected chi connectivity index (χ2v) is 4.88. The highest BCUT2D eigenvalue weighted by atomic mass is 16.4. The van der Waals surface area contributed by atoms with E-state index in [4.69, 9.17) is 10.3 Å². The molecule has 0 radical (unpaired) electrons. The molecule has 0 saturated carbocycles. The molecule has 0 unspecified atom stereocenters. The minimum atomic E-state index is 0.136. The van der Waals surface area contributed by atoms with E-state index in [9.17, 15) is 0 Å². The van der Waals surface area contributed by atoms with Crippen molar-refractivity contribution in [1.29, 1.82) is 0 Å².